The minimum Gasteiger partial charge on any atom is -0.379 e. The Hall–Kier alpha value is -1.26. The Morgan fingerprint density at radius 1 is 0.833 bits per heavy atom. The molecule has 0 spiro atoms. The van der Waals surface area contributed by atoms with E-state index in [2.05, 4.69) is 10.6 Å². The van der Waals surface area contributed by atoms with Crippen LogP contribution in [0.3, 0.4) is 0 Å². The van der Waals surface area contributed by atoms with Gasteiger partial charge in [0.1, 0.15) is 0 Å². The number of carbonyl (C=O) groups is 2. The van der Waals surface area contributed by atoms with Crippen LogP contribution in [-0.4, -0.2) is 84.3 Å². The van der Waals surface area contributed by atoms with Gasteiger partial charge in [-0.15, -0.1) is 0 Å². The van der Waals surface area contributed by atoms with Crippen molar-refractivity contribution in [1.29, 1.82) is 0 Å². The predicted molar refractivity (Wildman–Crippen MR) is 88.6 cm³/mol. The monoisotopic (exact) mass is 349 g/mol. The molecule has 0 aliphatic carbocycles. The summed E-state index contributed by atoms with van der Waals surface area (Å²) in [6.45, 7) is 7.14. The quantitative estimate of drug-likeness (QED) is 0.262. The highest BCUT2D eigenvalue weighted by Crippen LogP contribution is 1.84. The molecular formula is C15H31N3O6. The van der Waals surface area contributed by atoms with Crippen LogP contribution in [0.1, 0.15) is 13.3 Å². The van der Waals surface area contributed by atoms with Crippen molar-refractivity contribution in [2.75, 3.05) is 72.5 Å². The Balaban J connectivity index is 3.05. The van der Waals surface area contributed by atoms with Gasteiger partial charge in [0.05, 0.1) is 59.4 Å². The van der Waals surface area contributed by atoms with Crippen LogP contribution in [0.4, 0.5) is 0 Å². The summed E-state index contributed by atoms with van der Waals surface area (Å²) in [7, 11) is 0. The summed E-state index contributed by atoms with van der Waals surface area (Å²) in [6, 6.07) is 0. The molecule has 0 aromatic carbocycles. The summed E-state index contributed by atoms with van der Waals surface area (Å²) < 4.78 is 21.1. The van der Waals surface area contributed by atoms with Crippen molar-refractivity contribution in [2.24, 2.45) is 5.73 Å². The highest BCUT2D eigenvalue weighted by atomic mass is 16.6. The lowest BCUT2D eigenvalue weighted by Crippen LogP contribution is -2.35. The number of likely N-dealkylation sites (N-methyl/N-ethyl adjacent to an activating group) is 1. The largest absolute Gasteiger partial charge is 0.379 e. The summed E-state index contributed by atoms with van der Waals surface area (Å²) in [4.78, 5) is 21.6. The lowest BCUT2D eigenvalue weighted by atomic mass is 10.4. The van der Waals surface area contributed by atoms with E-state index in [1.165, 1.54) is 0 Å². The third kappa shape index (κ3) is 18.8. The van der Waals surface area contributed by atoms with Crippen LogP contribution in [0.2, 0.25) is 0 Å². The van der Waals surface area contributed by atoms with E-state index in [9.17, 15) is 9.59 Å². The molecule has 4 N–H and O–H groups in total. The lowest BCUT2D eigenvalue weighted by Gasteiger charge is -2.08. The Kier molecular flexibility index (Phi) is 17.1. The molecule has 0 aromatic rings. The molecule has 0 radical (unpaired) electrons. The molecule has 0 heterocycles. The summed E-state index contributed by atoms with van der Waals surface area (Å²) >= 11 is 0. The summed E-state index contributed by atoms with van der Waals surface area (Å²) in [5.41, 5.74) is 4.97. The van der Waals surface area contributed by atoms with Gasteiger partial charge >= 0.3 is 0 Å². The summed E-state index contributed by atoms with van der Waals surface area (Å²) in [5, 5.41) is 5.68. The predicted octanol–water partition coefficient (Wildman–Crippen LogP) is -1.35. The maximum absolute atomic E-state index is 11.1. The average molecular weight is 349 g/mol. The van der Waals surface area contributed by atoms with Gasteiger partial charge in [0.15, 0.2) is 0 Å². The first-order valence-corrected chi connectivity index (χ1v) is 8.23. The number of amides is 2. The summed E-state index contributed by atoms with van der Waals surface area (Å²) in [6.07, 6.45) is 0.227. The lowest BCUT2D eigenvalue weighted by molar-refractivity contribution is -0.120. The molecule has 0 aliphatic rings. The molecule has 9 heteroatoms. The molecule has 0 bridgehead atoms. The molecule has 24 heavy (non-hydrogen) atoms. The highest BCUT2D eigenvalue weighted by Gasteiger charge is 1.97. The topological polar surface area (TPSA) is 121 Å². The SMILES string of the molecule is CCNC(=O)CNCCOCCOCCOCCOCCC(N)=O. The van der Waals surface area contributed by atoms with Gasteiger partial charge in [0.2, 0.25) is 11.8 Å². The fraction of sp³-hybridized carbons (Fsp3) is 0.867. The fourth-order valence-electron chi connectivity index (χ4n) is 1.54. The molecular weight excluding hydrogens is 318 g/mol. The first-order valence-electron chi connectivity index (χ1n) is 8.23. The Morgan fingerprint density at radius 3 is 1.83 bits per heavy atom. The van der Waals surface area contributed by atoms with Crippen molar-refractivity contribution >= 4 is 11.8 Å². The molecule has 0 fully saturated rings. The van der Waals surface area contributed by atoms with E-state index in [1.807, 2.05) is 6.92 Å². The number of rotatable bonds is 18. The molecule has 0 unspecified atom stereocenters. The van der Waals surface area contributed by atoms with E-state index >= 15 is 0 Å². The van der Waals surface area contributed by atoms with Crippen molar-refractivity contribution in [3.8, 4) is 0 Å². The molecule has 0 saturated carbocycles. The van der Waals surface area contributed by atoms with Crippen LogP contribution in [0.25, 0.3) is 0 Å². The smallest absolute Gasteiger partial charge is 0.233 e. The van der Waals surface area contributed by atoms with Crippen LogP contribution < -0.4 is 16.4 Å². The molecule has 0 atom stereocenters. The van der Waals surface area contributed by atoms with E-state index < -0.39 is 0 Å². The standard InChI is InChI=1S/C15H31N3O6/c1-2-18-15(20)13-17-4-6-22-8-10-24-12-11-23-9-7-21-5-3-14(16)19/h17H,2-13H2,1H3,(H2,16,19)(H,18,20). The van der Waals surface area contributed by atoms with Gasteiger partial charge in [-0.2, -0.15) is 0 Å². The van der Waals surface area contributed by atoms with Crippen LogP contribution in [0.15, 0.2) is 0 Å². The van der Waals surface area contributed by atoms with Gasteiger partial charge in [-0.25, -0.2) is 0 Å². The fourth-order valence-corrected chi connectivity index (χ4v) is 1.54. The number of carbonyl (C=O) groups excluding carboxylic acids is 2. The Labute approximate surface area is 143 Å². The second-order valence-corrected chi connectivity index (χ2v) is 4.80. The minimum atomic E-state index is -0.371. The van der Waals surface area contributed by atoms with Crippen LogP contribution in [-0.2, 0) is 28.5 Å². The van der Waals surface area contributed by atoms with Gasteiger partial charge in [0.25, 0.3) is 0 Å². The van der Waals surface area contributed by atoms with Crippen LogP contribution >= 0.6 is 0 Å². The molecule has 0 aliphatic heterocycles. The van der Waals surface area contributed by atoms with E-state index in [0.29, 0.717) is 72.5 Å². The van der Waals surface area contributed by atoms with Crippen molar-refractivity contribution in [2.45, 2.75) is 13.3 Å². The Morgan fingerprint density at radius 2 is 1.33 bits per heavy atom. The second-order valence-electron chi connectivity index (χ2n) is 4.80. The number of nitrogens with one attached hydrogen (secondary N) is 2. The van der Waals surface area contributed by atoms with E-state index in [1.54, 1.807) is 0 Å². The molecule has 2 amide bonds. The number of ether oxygens (including phenoxy) is 4. The maximum atomic E-state index is 11.1. The van der Waals surface area contributed by atoms with Crippen LogP contribution in [0, 0.1) is 0 Å². The minimum absolute atomic E-state index is 0.0147. The average Bonchev–Trinajstić information content (AvgIpc) is 2.54. The van der Waals surface area contributed by atoms with Crippen molar-refractivity contribution < 1.29 is 28.5 Å². The Bertz CT molecular complexity index is 318. The second kappa shape index (κ2) is 18.1. The van der Waals surface area contributed by atoms with Gasteiger partial charge in [0, 0.05) is 19.5 Å². The van der Waals surface area contributed by atoms with E-state index in [0.717, 1.165) is 0 Å². The van der Waals surface area contributed by atoms with Gasteiger partial charge in [-0.1, -0.05) is 0 Å². The molecule has 9 nitrogen and oxygen atoms in total. The van der Waals surface area contributed by atoms with E-state index in [-0.39, 0.29) is 18.2 Å². The molecule has 0 aromatic heterocycles. The van der Waals surface area contributed by atoms with Gasteiger partial charge in [-0.05, 0) is 6.92 Å². The van der Waals surface area contributed by atoms with E-state index in [4.69, 9.17) is 24.7 Å². The summed E-state index contributed by atoms with van der Waals surface area (Å²) in [5.74, 6) is -0.386. The molecule has 142 valence electrons. The maximum Gasteiger partial charge on any atom is 0.233 e. The normalized spacial score (nSPS) is 10.7. The zero-order valence-corrected chi connectivity index (χ0v) is 14.5. The van der Waals surface area contributed by atoms with Crippen LogP contribution in [0.5, 0.6) is 0 Å². The third-order valence-electron chi connectivity index (χ3n) is 2.69. The third-order valence-corrected chi connectivity index (χ3v) is 2.69. The zero-order chi connectivity index (χ0) is 17.9. The van der Waals surface area contributed by atoms with Crippen molar-refractivity contribution in [3.05, 3.63) is 0 Å². The number of hydrogen-bond donors (Lipinski definition) is 3. The van der Waals surface area contributed by atoms with Crippen molar-refractivity contribution in [3.63, 3.8) is 0 Å². The zero-order valence-electron chi connectivity index (χ0n) is 14.5. The van der Waals surface area contributed by atoms with Gasteiger partial charge < -0.3 is 35.3 Å². The van der Waals surface area contributed by atoms with Gasteiger partial charge in [-0.3, -0.25) is 9.59 Å². The number of nitrogens with two attached hydrogens (primary N) is 1. The first kappa shape index (κ1) is 22.7. The molecule has 0 rings (SSSR count). The highest BCUT2D eigenvalue weighted by molar-refractivity contribution is 5.77. The number of primary amides is 1. The first-order chi connectivity index (χ1) is 11.7. The van der Waals surface area contributed by atoms with Crippen molar-refractivity contribution in [1.82, 2.24) is 10.6 Å². The number of hydrogen-bond acceptors (Lipinski definition) is 7. The molecule has 0 saturated heterocycles.